The molecule has 0 spiro atoms. The second kappa shape index (κ2) is 6.59. The zero-order chi connectivity index (χ0) is 16.4. The number of hydrogen-bond donors (Lipinski definition) is 0. The molecule has 1 aliphatic heterocycles. The van der Waals surface area contributed by atoms with Crippen molar-refractivity contribution < 1.29 is 14.3 Å². The van der Waals surface area contributed by atoms with E-state index in [2.05, 4.69) is 0 Å². The smallest absolute Gasteiger partial charge is 0.258 e. The molecular formula is C19H23NO3. The molecule has 0 radical (unpaired) electrons. The van der Waals surface area contributed by atoms with Gasteiger partial charge in [0.2, 0.25) is 0 Å². The molecule has 4 nitrogen and oxygen atoms in total. The first kappa shape index (κ1) is 15.8. The number of amides is 1. The molecule has 1 fully saturated rings. The Hall–Kier alpha value is -2.07. The monoisotopic (exact) mass is 313 g/mol. The molecular weight excluding hydrogens is 290 g/mol. The van der Waals surface area contributed by atoms with E-state index >= 15 is 0 Å². The predicted octanol–water partition coefficient (Wildman–Crippen LogP) is 3.49. The van der Waals surface area contributed by atoms with Crippen molar-refractivity contribution in [1.29, 1.82) is 0 Å². The zero-order valence-electron chi connectivity index (χ0n) is 13.9. The molecule has 4 heteroatoms. The summed E-state index contributed by atoms with van der Waals surface area (Å²) in [6, 6.07) is 11.8. The number of carbonyl (C=O) groups excluding carboxylic acids is 1. The summed E-state index contributed by atoms with van der Waals surface area (Å²) in [4.78, 5) is 15.1. The van der Waals surface area contributed by atoms with Crippen LogP contribution in [0.3, 0.4) is 0 Å². The van der Waals surface area contributed by atoms with E-state index in [-0.39, 0.29) is 18.1 Å². The van der Waals surface area contributed by atoms with Crippen LogP contribution >= 0.6 is 0 Å². The molecule has 3 rings (SSSR count). The number of fused-ring (bicyclic) bond motifs is 1. The minimum absolute atomic E-state index is 0.0206. The van der Waals surface area contributed by atoms with E-state index in [0.717, 1.165) is 10.8 Å². The lowest BCUT2D eigenvalue weighted by atomic mass is 10.0. The number of rotatable bonds is 3. The third kappa shape index (κ3) is 3.17. The summed E-state index contributed by atoms with van der Waals surface area (Å²) < 4.78 is 11.5. The van der Waals surface area contributed by atoms with Gasteiger partial charge in [-0.25, -0.2) is 0 Å². The van der Waals surface area contributed by atoms with Crippen LogP contribution in [0.2, 0.25) is 0 Å². The average molecular weight is 313 g/mol. The van der Waals surface area contributed by atoms with Crippen molar-refractivity contribution in [3.05, 3.63) is 42.0 Å². The summed E-state index contributed by atoms with van der Waals surface area (Å²) in [6.45, 7) is 7.69. The van der Waals surface area contributed by atoms with Crippen LogP contribution in [0.15, 0.2) is 36.4 Å². The fraction of sp³-hybridized carbons (Fsp3) is 0.421. The third-order valence-electron chi connectivity index (χ3n) is 4.11. The van der Waals surface area contributed by atoms with Crippen LogP contribution in [-0.2, 0) is 4.74 Å². The number of benzene rings is 2. The van der Waals surface area contributed by atoms with Gasteiger partial charge >= 0.3 is 0 Å². The van der Waals surface area contributed by atoms with Gasteiger partial charge in [0.25, 0.3) is 5.91 Å². The van der Waals surface area contributed by atoms with Crippen molar-refractivity contribution >= 4 is 16.7 Å². The molecule has 122 valence electrons. The summed E-state index contributed by atoms with van der Waals surface area (Å²) in [7, 11) is 0. The maximum Gasteiger partial charge on any atom is 0.258 e. The number of carbonyl (C=O) groups is 1. The van der Waals surface area contributed by atoms with Crippen molar-refractivity contribution in [1.82, 2.24) is 4.90 Å². The van der Waals surface area contributed by atoms with Gasteiger partial charge < -0.3 is 14.4 Å². The van der Waals surface area contributed by atoms with Crippen LogP contribution in [0.25, 0.3) is 10.8 Å². The minimum Gasteiger partial charge on any atom is -0.493 e. The fourth-order valence-corrected chi connectivity index (χ4v) is 3.25. The number of nitrogens with zero attached hydrogens (tertiary/aromatic N) is 1. The van der Waals surface area contributed by atoms with Gasteiger partial charge in [0.1, 0.15) is 5.75 Å². The molecule has 1 amide bonds. The zero-order valence-corrected chi connectivity index (χ0v) is 13.9. The highest BCUT2D eigenvalue weighted by Crippen LogP contribution is 2.30. The van der Waals surface area contributed by atoms with Crippen molar-refractivity contribution in [2.24, 2.45) is 0 Å². The van der Waals surface area contributed by atoms with Gasteiger partial charge in [-0.05, 0) is 37.6 Å². The van der Waals surface area contributed by atoms with Gasteiger partial charge in [0.15, 0.2) is 0 Å². The standard InChI is InChI=1S/C19H23NO3/c1-4-22-17-10-9-15-7-5-6-8-16(15)18(17)19(21)20-11-13(2)23-14(3)12-20/h5-10,13-14H,4,11-12H2,1-3H3/t13-,14-/m0/s1. The number of hydrogen-bond acceptors (Lipinski definition) is 3. The van der Waals surface area contributed by atoms with E-state index in [1.807, 2.05) is 62.1 Å². The molecule has 23 heavy (non-hydrogen) atoms. The highest BCUT2D eigenvalue weighted by Gasteiger charge is 2.29. The van der Waals surface area contributed by atoms with E-state index in [1.165, 1.54) is 0 Å². The van der Waals surface area contributed by atoms with Crippen molar-refractivity contribution in [2.75, 3.05) is 19.7 Å². The lowest BCUT2D eigenvalue weighted by Crippen LogP contribution is -2.48. The first-order valence-electron chi connectivity index (χ1n) is 8.19. The first-order valence-corrected chi connectivity index (χ1v) is 8.19. The third-order valence-corrected chi connectivity index (χ3v) is 4.11. The second-order valence-electron chi connectivity index (χ2n) is 6.06. The van der Waals surface area contributed by atoms with Gasteiger partial charge in [-0.1, -0.05) is 30.3 Å². The maximum atomic E-state index is 13.2. The van der Waals surface area contributed by atoms with E-state index in [1.54, 1.807) is 0 Å². The van der Waals surface area contributed by atoms with E-state index in [9.17, 15) is 4.79 Å². The van der Waals surface area contributed by atoms with Gasteiger partial charge in [-0.2, -0.15) is 0 Å². The van der Waals surface area contributed by atoms with Crippen molar-refractivity contribution in [3.8, 4) is 5.75 Å². The molecule has 0 bridgehead atoms. The Kier molecular flexibility index (Phi) is 4.53. The average Bonchev–Trinajstić information content (AvgIpc) is 2.53. The Labute approximate surface area is 137 Å². The summed E-state index contributed by atoms with van der Waals surface area (Å²) in [5, 5.41) is 1.99. The van der Waals surface area contributed by atoms with E-state index in [0.29, 0.717) is 31.0 Å². The maximum absolute atomic E-state index is 13.2. The predicted molar refractivity (Wildman–Crippen MR) is 91.0 cm³/mol. The molecule has 0 N–H and O–H groups in total. The normalized spacial score (nSPS) is 21.4. The summed E-state index contributed by atoms with van der Waals surface area (Å²) in [6.07, 6.45) is 0.0986. The molecule has 1 saturated heterocycles. The molecule has 0 aliphatic carbocycles. The molecule has 2 atom stereocenters. The highest BCUT2D eigenvalue weighted by atomic mass is 16.5. The first-order chi connectivity index (χ1) is 11.1. The Morgan fingerprint density at radius 2 is 1.87 bits per heavy atom. The molecule has 0 unspecified atom stereocenters. The highest BCUT2D eigenvalue weighted by molar-refractivity contribution is 6.09. The van der Waals surface area contributed by atoms with E-state index in [4.69, 9.17) is 9.47 Å². The van der Waals surface area contributed by atoms with Crippen LogP contribution in [0, 0.1) is 0 Å². The SMILES string of the molecule is CCOc1ccc2ccccc2c1C(=O)N1C[C@H](C)O[C@@H](C)C1. The van der Waals surface area contributed by atoms with Crippen LogP contribution in [0.5, 0.6) is 5.75 Å². The largest absolute Gasteiger partial charge is 0.493 e. The molecule has 0 aromatic heterocycles. The van der Waals surface area contributed by atoms with Crippen LogP contribution in [0.4, 0.5) is 0 Å². The topological polar surface area (TPSA) is 38.8 Å². The Morgan fingerprint density at radius 3 is 2.57 bits per heavy atom. The lowest BCUT2D eigenvalue weighted by Gasteiger charge is -2.35. The summed E-state index contributed by atoms with van der Waals surface area (Å²) >= 11 is 0. The van der Waals surface area contributed by atoms with Crippen LogP contribution < -0.4 is 4.74 Å². The Morgan fingerprint density at radius 1 is 1.17 bits per heavy atom. The van der Waals surface area contributed by atoms with Crippen LogP contribution in [0.1, 0.15) is 31.1 Å². The fourth-order valence-electron chi connectivity index (χ4n) is 3.25. The Bertz CT molecular complexity index is 703. The number of morpholine rings is 1. The van der Waals surface area contributed by atoms with Gasteiger partial charge in [0, 0.05) is 13.1 Å². The quantitative estimate of drug-likeness (QED) is 0.870. The summed E-state index contributed by atoms with van der Waals surface area (Å²) in [5.74, 6) is 0.676. The van der Waals surface area contributed by atoms with Crippen molar-refractivity contribution in [2.45, 2.75) is 33.0 Å². The molecule has 0 saturated carbocycles. The number of ether oxygens (including phenoxy) is 2. The van der Waals surface area contributed by atoms with Gasteiger partial charge in [-0.3, -0.25) is 4.79 Å². The van der Waals surface area contributed by atoms with Gasteiger partial charge in [-0.15, -0.1) is 0 Å². The molecule has 2 aromatic carbocycles. The molecule has 1 aliphatic rings. The van der Waals surface area contributed by atoms with Crippen LogP contribution in [-0.4, -0.2) is 42.7 Å². The van der Waals surface area contributed by atoms with Gasteiger partial charge in [0.05, 0.1) is 24.4 Å². The van der Waals surface area contributed by atoms with E-state index < -0.39 is 0 Å². The summed E-state index contributed by atoms with van der Waals surface area (Å²) in [5.41, 5.74) is 0.659. The van der Waals surface area contributed by atoms with Crippen molar-refractivity contribution in [3.63, 3.8) is 0 Å². The molecule has 2 aromatic rings. The second-order valence-corrected chi connectivity index (χ2v) is 6.06. The minimum atomic E-state index is 0.0206. The lowest BCUT2D eigenvalue weighted by molar-refractivity contribution is -0.0586. The Balaban J connectivity index is 2.05. The molecule has 1 heterocycles.